The molecule has 0 fully saturated rings. The van der Waals surface area contributed by atoms with Crippen LogP contribution in [0.3, 0.4) is 0 Å². The van der Waals surface area contributed by atoms with E-state index in [2.05, 4.69) is 20.3 Å². The molecule has 7 heteroatoms. The average molecular weight is 402 g/mol. The van der Waals surface area contributed by atoms with E-state index < -0.39 is 0 Å². The number of aromatic amines is 1. The molecule has 144 valence electrons. The van der Waals surface area contributed by atoms with E-state index in [0.29, 0.717) is 11.3 Å². The third-order valence-corrected chi connectivity index (χ3v) is 5.42. The zero-order valence-corrected chi connectivity index (χ0v) is 16.5. The van der Waals surface area contributed by atoms with Gasteiger partial charge in [-0.05, 0) is 36.8 Å². The van der Waals surface area contributed by atoms with Crippen LogP contribution in [0.25, 0.3) is 22.2 Å². The normalized spacial score (nSPS) is 10.8. The maximum atomic E-state index is 12.3. The van der Waals surface area contributed by atoms with Gasteiger partial charge in [0.15, 0.2) is 5.78 Å². The van der Waals surface area contributed by atoms with E-state index in [-0.39, 0.29) is 17.4 Å². The summed E-state index contributed by atoms with van der Waals surface area (Å²) in [6.07, 6.45) is 3.43. The predicted molar refractivity (Wildman–Crippen MR) is 115 cm³/mol. The first kappa shape index (κ1) is 18.9. The van der Waals surface area contributed by atoms with Crippen molar-refractivity contribution < 1.29 is 9.59 Å². The molecule has 6 nitrogen and oxygen atoms in total. The van der Waals surface area contributed by atoms with Crippen molar-refractivity contribution in [2.24, 2.45) is 0 Å². The van der Waals surface area contributed by atoms with Crippen molar-refractivity contribution in [2.75, 3.05) is 11.1 Å². The van der Waals surface area contributed by atoms with Crippen molar-refractivity contribution in [1.29, 1.82) is 0 Å². The number of benzene rings is 2. The van der Waals surface area contributed by atoms with E-state index in [4.69, 9.17) is 0 Å². The second kappa shape index (κ2) is 8.28. The molecule has 2 aromatic heterocycles. The molecule has 0 aliphatic heterocycles. The van der Waals surface area contributed by atoms with E-state index >= 15 is 0 Å². The molecule has 1 amide bonds. The topological polar surface area (TPSA) is 87.7 Å². The summed E-state index contributed by atoms with van der Waals surface area (Å²) < 4.78 is 0. The monoisotopic (exact) mass is 402 g/mol. The summed E-state index contributed by atoms with van der Waals surface area (Å²) in [5.74, 6) is 0.0551. The Morgan fingerprint density at radius 3 is 2.52 bits per heavy atom. The van der Waals surface area contributed by atoms with Gasteiger partial charge >= 0.3 is 0 Å². The number of ketones is 1. The number of anilines is 1. The third kappa shape index (κ3) is 4.20. The number of Topliss-reactive ketones (excluding diaryl/α,β-unsaturated/α-hetero) is 1. The summed E-state index contributed by atoms with van der Waals surface area (Å²) in [5.41, 5.74) is 4.98. The van der Waals surface area contributed by atoms with Gasteiger partial charge in [0.2, 0.25) is 5.91 Å². The van der Waals surface area contributed by atoms with Crippen molar-refractivity contribution in [2.45, 2.75) is 11.9 Å². The summed E-state index contributed by atoms with van der Waals surface area (Å²) >= 11 is 1.35. The highest BCUT2D eigenvalue weighted by molar-refractivity contribution is 8.00. The zero-order chi connectivity index (χ0) is 20.2. The van der Waals surface area contributed by atoms with Gasteiger partial charge in [0, 0.05) is 23.0 Å². The third-order valence-electron chi connectivity index (χ3n) is 4.43. The Hall–Kier alpha value is -3.45. The number of amides is 1. The van der Waals surface area contributed by atoms with E-state index in [1.54, 1.807) is 24.3 Å². The molecule has 0 bridgehead atoms. The van der Waals surface area contributed by atoms with Crippen molar-refractivity contribution in [3.8, 4) is 11.1 Å². The lowest BCUT2D eigenvalue weighted by molar-refractivity contribution is -0.113. The minimum absolute atomic E-state index is 0.00738. The van der Waals surface area contributed by atoms with Crippen LogP contribution in [0.4, 0.5) is 5.69 Å². The van der Waals surface area contributed by atoms with Gasteiger partial charge in [0.1, 0.15) is 16.9 Å². The fourth-order valence-corrected chi connectivity index (χ4v) is 3.74. The SMILES string of the molecule is CC(=O)c1ccc(NC(=O)CSc2ncnc3c(-c4ccccc4)c[nH]c23)cc1. The quantitative estimate of drug-likeness (QED) is 0.280. The van der Waals surface area contributed by atoms with Crippen molar-refractivity contribution in [1.82, 2.24) is 15.0 Å². The Bertz CT molecular complexity index is 1170. The first-order valence-corrected chi connectivity index (χ1v) is 10.0. The van der Waals surface area contributed by atoms with E-state index in [9.17, 15) is 9.59 Å². The number of nitrogens with one attached hydrogen (secondary N) is 2. The molecule has 2 aromatic carbocycles. The van der Waals surface area contributed by atoms with Crippen LogP contribution >= 0.6 is 11.8 Å². The lowest BCUT2D eigenvalue weighted by Crippen LogP contribution is -2.14. The lowest BCUT2D eigenvalue weighted by atomic mass is 10.1. The molecule has 0 saturated carbocycles. The van der Waals surface area contributed by atoms with Gasteiger partial charge in [-0.25, -0.2) is 9.97 Å². The van der Waals surface area contributed by atoms with Gasteiger partial charge in [-0.2, -0.15) is 0 Å². The van der Waals surface area contributed by atoms with E-state index in [1.807, 2.05) is 36.5 Å². The minimum atomic E-state index is -0.146. The number of hydrogen-bond acceptors (Lipinski definition) is 5. The Labute approximate surface area is 171 Å². The van der Waals surface area contributed by atoms with Gasteiger partial charge < -0.3 is 10.3 Å². The van der Waals surface area contributed by atoms with Crippen LogP contribution in [0.5, 0.6) is 0 Å². The fraction of sp³-hybridized carbons (Fsp3) is 0.0909. The van der Waals surface area contributed by atoms with E-state index in [1.165, 1.54) is 25.0 Å². The Morgan fingerprint density at radius 1 is 1.03 bits per heavy atom. The van der Waals surface area contributed by atoms with Crippen LogP contribution in [-0.2, 0) is 4.79 Å². The van der Waals surface area contributed by atoms with Crippen LogP contribution in [0.2, 0.25) is 0 Å². The molecule has 2 N–H and O–H groups in total. The maximum absolute atomic E-state index is 12.3. The van der Waals surface area contributed by atoms with Crippen LogP contribution in [-0.4, -0.2) is 32.4 Å². The summed E-state index contributed by atoms with van der Waals surface area (Å²) in [6.45, 7) is 1.51. The number of carbonyl (C=O) groups excluding carboxylic acids is 2. The predicted octanol–water partition coefficient (Wildman–Crippen LogP) is 4.56. The molecule has 0 radical (unpaired) electrons. The zero-order valence-electron chi connectivity index (χ0n) is 15.7. The molecule has 4 aromatic rings. The van der Waals surface area contributed by atoms with Crippen molar-refractivity contribution in [3.63, 3.8) is 0 Å². The molecule has 0 saturated heterocycles. The lowest BCUT2D eigenvalue weighted by Gasteiger charge is -2.06. The molecular formula is C22H18N4O2S. The number of nitrogens with zero attached hydrogens (tertiary/aromatic N) is 2. The second-order valence-corrected chi connectivity index (χ2v) is 7.41. The maximum Gasteiger partial charge on any atom is 0.234 e. The Morgan fingerprint density at radius 2 is 1.79 bits per heavy atom. The van der Waals surface area contributed by atoms with Gasteiger partial charge in [-0.3, -0.25) is 9.59 Å². The fourth-order valence-electron chi connectivity index (χ4n) is 2.98. The highest BCUT2D eigenvalue weighted by atomic mass is 32.2. The largest absolute Gasteiger partial charge is 0.357 e. The molecule has 4 rings (SSSR count). The Balaban J connectivity index is 1.46. The Kier molecular flexibility index (Phi) is 5.39. The van der Waals surface area contributed by atoms with Crippen LogP contribution in [0.1, 0.15) is 17.3 Å². The number of carbonyl (C=O) groups is 2. The molecular weight excluding hydrogens is 384 g/mol. The number of thioether (sulfide) groups is 1. The summed E-state index contributed by atoms with van der Waals surface area (Å²) in [5, 5.41) is 3.55. The molecule has 29 heavy (non-hydrogen) atoms. The summed E-state index contributed by atoms with van der Waals surface area (Å²) in [6, 6.07) is 16.8. The van der Waals surface area contributed by atoms with Crippen LogP contribution in [0.15, 0.2) is 72.1 Å². The van der Waals surface area contributed by atoms with Crippen LogP contribution < -0.4 is 5.32 Å². The summed E-state index contributed by atoms with van der Waals surface area (Å²) in [4.78, 5) is 35.6. The smallest absolute Gasteiger partial charge is 0.234 e. The van der Waals surface area contributed by atoms with E-state index in [0.717, 1.165) is 27.2 Å². The summed E-state index contributed by atoms with van der Waals surface area (Å²) in [7, 11) is 0. The van der Waals surface area contributed by atoms with Crippen LogP contribution in [0, 0.1) is 0 Å². The van der Waals surface area contributed by atoms with Gasteiger partial charge in [0.05, 0.1) is 11.3 Å². The minimum Gasteiger partial charge on any atom is -0.357 e. The highest BCUT2D eigenvalue weighted by Crippen LogP contribution is 2.31. The molecule has 0 unspecified atom stereocenters. The molecule has 0 aliphatic carbocycles. The molecule has 0 spiro atoms. The van der Waals surface area contributed by atoms with Crippen molar-refractivity contribution >= 4 is 40.2 Å². The highest BCUT2D eigenvalue weighted by Gasteiger charge is 2.13. The number of hydrogen-bond donors (Lipinski definition) is 2. The number of rotatable bonds is 6. The number of fused-ring (bicyclic) bond motifs is 1. The molecule has 0 aliphatic rings. The first-order valence-electron chi connectivity index (χ1n) is 9.03. The second-order valence-electron chi connectivity index (χ2n) is 6.44. The number of aromatic nitrogens is 3. The first-order chi connectivity index (χ1) is 14.1. The van der Waals surface area contributed by atoms with Gasteiger partial charge in [-0.1, -0.05) is 42.1 Å². The average Bonchev–Trinajstić information content (AvgIpc) is 3.18. The molecule has 2 heterocycles. The standard InChI is InChI=1S/C22H18N4O2S/c1-14(27)15-7-9-17(10-8-15)26-19(28)12-29-22-21-20(24-13-25-22)18(11-23-21)16-5-3-2-4-6-16/h2-11,13,23H,12H2,1H3,(H,26,28). The van der Waals surface area contributed by atoms with Gasteiger partial charge in [0.25, 0.3) is 0 Å². The number of H-pyrrole nitrogens is 1. The van der Waals surface area contributed by atoms with Crippen molar-refractivity contribution in [3.05, 3.63) is 72.7 Å². The van der Waals surface area contributed by atoms with Gasteiger partial charge in [-0.15, -0.1) is 0 Å². The molecule has 0 atom stereocenters.